The molecule has 0 fully saturated rings. The molecule has 0 bridgehead atoms. The fraction of sp³-hybridized carbons (Fsp3) is 0.500. The number of nitrogens with two attached hydrogens (primary N) is 1. The van der Waals surface area contributed by atoms with Crippen LogP contribution in [0.1, 0.15) is 17.1 Å². The van der Waals surface area contributed by atoms with Gasteiger partial charge in [-0.1, -0.05) is 10.4 Å². The summed E-state index contributed by atoms with van der Waals surface area (Å²) in [5.41, 5.74) is 7.12. The van der Waals surface area contributed by atoms with Crippen LogP contribution < -0.4 is 5.73 Å². The van der Waals surface area contributed by atoms with Gasteiger partial charge in [0, 0.05) is 25.8 Å². The molecule has 2 heterocycles. The first-order chi connectivity index (χ1) is 8.31. The number of methoxy groups -OCH3 is 1. The molecule has 0 aromatic carbocycles. The van der Waals surface area contributed by atoms with Gasteiger partial charge in [0.2, 0.25) is 0 Å². The Morgan fingerprint density at radius 1 is 1.47 bits per heavy atom. The summed E-state index contributed by atoms with van der Waals surface area (Å²) in [6.45, 7) is 1.52. The van der Waals surface area contributed by atoms with Crippen molar-refractivity contribution in [2.24, 2.45) is 5.73 Å². The van der Waals surface area contributed by atoms with Gasteiger partial charge in [0.25, 0.3) is 0 Å². The van der Waals surface area contributed by atoms with E-state index >= 15 is 0 Å². The van der Waals surface area contributed by atoms with E-state index in [1.807, 2.05) is 12.3 Å². The van der Waals surface area contributed by atoms with Gasteiger partial charge in [-0.25, -0.2) is 4.68 Å². The molecule has 0 amide bonds. The molecule has 0 radical (unpaired) electrons. The van der Waals surface area contributed by atoms with Crippen LogP contribution in [-0.4, -0.2) is 33.8 Å². The number of rotatable bonds is 6. The molecule has 0 saturated heterocycles. The Morgan fingerprint density at radius 2 is 2.35 bits per heavy atom. The number of aromatic nitrogens is 4. The lowest BCUT2D eigenvalue weighted by atomic mass is 10.3. The summed E-state index contributed by atoms with van der Waals surface area (Å²) in [6, 6.07) is 1.84. The summed E-state index contributed by atoms with van der Waals surface area (Å²) in [4.78, 5) is 0. The van der Waals surface area contributed by atoms with Gasteiger partial charge in [0.1, 0.15) is 12.3 Å². The lowest BCUT2D eigenvalue weighted by molar-refractivity contribution is 0.155. The minimum Gasteiger partial charge on any atom is -0.377 e. The zero-order valence-electron chi connectivity index (χ0n) is 9.67. The SMILES string of the molecule is COCc1cc(Cn2cc(CCN)nn2)no1. The monoisotopic (exact) mass is 237 g/mol. The number of hydrogen-bond donors (Lipinski definition) is 1. The Bertz CT molecular complexity index is 422. The lowest BCUT2D eigenvalue weighted by Crippen LogP contribution is -2.03. The van der Waals surface area contributed by atoms with E-state index in [-0.39, 0.29) is 0 Å². The second-order valence-corrected chi connectivity index (χ2v) is 3.66. The molecular formula is C10H15N5O2. The van der Waals surface area contributed by atoms with Crippen LogP contribution in [-0.2, 0) is 24.3 Å². The summed E-state index contributed by atoms with van der Waals surface area (Å²) in [5, 5.41) is 11.9. The lowest BCUT2D eigenvalue weighted by Gasteiger charge is -1.93. The van der Waals surface area contributed by atoms with Crippen LogP contribution in [0.4, 0.5) is 0 Å². The molecule has 2 N–H and O–H groups in total. The first-order valence-corrected chi connectivity index (χ1v) is 5.34. The van der Waals surface area contributed by atoms with Gasteiger partial charge in [0.15, 0.2) is 5.76 Å². The largest absolute Gasteiger partial charge is 0.377 e. The first-order valence-electron chi connectivity index (χ1n) is 5.34. The van der Waals surface area contributed by atoms with Crippen molar-refractivity contribution in [3.05, 3.63) is 29.4 Å². The van der Waals surface area contributed by atoms with Crippen LogP contribution in [0.3, 0.4) is 0 Å². The van der Waals surface area contributed by atoms with Crippen LogP contribution in [0.15, 0.2) is 16.8 Å². The molecular weight excluding hydrogens is 222 g/mol. The maximum absolute atomic E-state index is 5.44. The van der Waals surface area contributed by atoms with E-state index in [1.165, 1.54) is 0 Å². The van der Waals surface area contributed by atoms with E-state index in [0.717, 1.165) is 17.8 Å². The summed E-state index contributed by atoms with van der Waals surface area (Å²) in [7, 11) is 1.61. The van der Waals surface area contributed by atoms with Crippen molar-refractivity contribution in [3.8, 4) is 0 Å². The molecule has 2 aromatic heterocycles. The fourth-order valence-corrected chi connectivity index (χ4v) is 1.48. The average molecular weight is 237 g/mol. The Balaban J connectivity index is 1.98. The molecule has 0 atom stereocenters. The molecule has 0 aliphatic heterocycles. The first kappa shape index (κ1) is 11.7. The molecule has 7 heteroatoms. The third-order valence-corrected chi connectivity index (χ3v) is 2.20. The maximum Gasteiger partial charge on any atom is 0.162 e. The van der Waals surface area contributed by atoms with Crippen LogP contribution in [0.5, 0.6) is 0 Å². The van der Waals surface area contributed by atoms with Crippen molar-refractivity contribution >= 4 is 0 Å². The Hall–Kier alpha value is -1.73. The quantitative estimate of drug-likeness (QED) is 0.758. The minimum absolute atomic E-state index is 0.419. The molecule has 0 aliphatic carbocycles. The van der Waals surface area contributed by atoms with Crippen molar-refractivity contribution in [2.45, 2.75) is 19.6 Å². The molecule has 0 saturated carbocycles. The van der Waals surface area contributed by atoms with Gasteiger partial charge in [-0.3, -0.25) is 0 Å². The third kappa shape index (κ3) is 3.11. The molecule has 0 aliphatic rings. The highest BCUT2D eigenvalue weighted by molar-refractivity contribution is 5.05. The fourth-order valence-electron chi connectivity index (χ4n) is 1.48. The van der Waals surface area contributed by atoms with Crippen molar-refractivity contribution in [2.75, 3.05) is 13.7 Å². The molecule has 7 nitrogen and oxygen atoms in total. The van der Waals surface area contributed by atoms with E-state index < -0.39 is 0 Å². The molecule has 2 rings (SSSR count). The molecule has 2 aromatic rings. The summed E-state index contributed by atoms with van der Waals surface area (Å²) >= 11 is 0. The zero-order chi connectivity index (χ0) is 12.1. The van der Waals surface area contributed by atoms with Gasteiger partial charge in [-0.05, 0) is 6.54 Å². The molecule has 92 valence electrons. The van der Waals surface area contributed by atoms with Crippen molar-refractivity contribution in [1.82, 2.24) is 20.2 Å². The van der Waals surface area contributed by atoms with Crippen LogP contribution in [0.25, 0.3) is 0 Å². The van der Waals surface area contributed by atoms with Crippen LogP contribution in [0.2, 0.25) is 0 Å². The van der Waals surface area contributed by atoms with E-state index in [1.54, 1.807) is 11.8 Å². The normalized spacial score (nSPS) is 10.9. The van der Waals surface area contributed by atoms with Gasteiger partial charge in [-0.15, -0.1) is 5.10 Å². The topological polar surface area (TPSA) is 92.0 Å². The highest BCUT2D eigenvalue weighted by Crippen LogP contribution is 2.06. The van der Waals surface area contributed by atoms with Gasteiger partial charge < -0.3 is 15.0 Å². The average Bonchev–Trinajstić information content (AvgIpc) is 2.91. The second-order valence-electron chi connectivity index (χ2n) is 3.66. The molecule has 17 heavy (non-hydrogen) atoms. The van der Waals surface area contributed by atoms with E-state index in [0.29, 0.717) is 25.5 Å². The zero-order valence-corrected chi connectivity index (χ0v) is 9.67. The molecule has 0 unspecified atom stereocenters. The smallest absolute Gasteiger partial charge is 0.162 e. The van der Waals surface area contributed by atoms with Gasteiger partial charge in [0.05, 0.1) is 12.2 Å². The maximum atomic E-state index is 5.44. The van der Waals surface area contributed by atoms with E-state index in [2.05, 4.69) is 15.5 Å². The van der Waals surface area contributed by atoms with Crippen molar-refractivity contribution < 1.29 is 9.26 Å². The Labute approximate surface area is 98.5 Å². The predicted octanol–water partition coefficient (Wildman–Crippen LogP) is -0.0380. The highest BCUT2D eigenvalue weighted by atomic mass is 16.5. The van der Waals surface area contributed by atoms with Gasteiger partial charge >= 0.3 is 0 Å². The number of nitrogens with zero attached hydrogens (tertiary/aromatic N) is 4. The second kappa shape index (κ2) is 5.55. The number of hydrogen-bond acceptors (Lipinski definition) is 6. The van der Waals surface area contributed by atoms with Crippen LogP contribution in [0, 0.1) is 0 Å². The van der Waals surface area contributed by atoms with Gasteiger partial charge in [-0.2, -0.15) is 0 Å². The van der Waals surface area contributed by atoms with Crippen molar-refractivity contribution in [3.63, 3.8) is 0 Å². The summed E-state index contributed by atoms with van der Waals surface area (Å²) in [6.07, 6.45) is 2.59. The van der Waals surface area contributed by atoms with Crippen LogP contribution >= 0.6 is 0 Å². The predicted molar refractivity (Wildman–Crippen MR) is 59.1 cm³/mol. The van der Waals surface area contributed by atoms with E-state index in [4.69, 9.17) is 15.0 Å². The Morgan fingerprint density at radius 3 is 3.12 bits per heavy atom. The summed E-state index contributed by atoms with van der Waals surface area (Å²) in [5.74, 6) is 0.699. The Kier molecular flexibility index (Phi) is 3.84. The number of ether oxygens (including phenoxy) is 1. The summed E-state index contributed by atoms with van der Waals surface area (Å²) < 4.78 is 11.7. The minimum atomic E-state index is 0.419. The van der Waals surface area contributed by atoms with Crippen molar-refractivity contribution in [1.29, 1.82) is 0 Å². The highest BCUT2D eigenvalue weighted by Gasteiger charge is 2.06. The standard InChI is InChI=1S/C10H15N5O2/c1-16-7-10-4-9(13-17-10)6-15-5-8(2-3-11)12-14-15/h4-5H,2-3,6-7,11H2,1H3. The van der Waals surface area contributed by atoms with E-state index in [9.17, 15) is 0 Å². The third-order valence-electron chi connectivity index (χ3n) is 2.20. The molecule has 0 spiro atoms.